The smallest absolute Gasteiger partial charge is 0.170 e. The molecule has 0 spiro atoms. The van der Waals surface area contributed by atoms with Gasteiger partial charge < -0.3 is 10.9 Å². The van der Waals surface area contributed by atoms with Gasteiger partial charge in [-0.2, -0.15) is 0 Å². The van der Waals surface area contributed by atoms with Crippen molar-refractivity contribution in [1.82, 2.24) is 9.80 Å². The van der Waals surface area contributed by atoms with Crippen LogP contribution in [0.4, 0.5) is 0 Å². The van der Waals surface area contributed by atoms with E-state index in [0.717, 1.165) is 38.3 Å². The Kier molecular flexibility index (Phi) is 4.85. The molecule has 5 heteroatoms. The minimum atomic E-state index is 0.161. The first-order valence-corrected chi connectivity index (χ1v) is 7.44. The molecule has 1 aliphatic rings. The van der Waals surface area contributed by atoms with E-state index in [0.29, 0.717) is 0 Å². The van der Waals surface area contributed by atoms with E-state index in [2.05, 4.69) is 41.8 Å². The highest BCUT2D eigenvalue weighted by Crippen LogP contribution is 2.17. The summed E-state index contributed by atoms with van der Waals surface area (Å²) >= 11 is 0. The van der Waals surface area contributed by atoms with E-state index in [1.54, 1.807) is 0 Å². The summed E-state index contributed by atoms with van der Waals surface area (Å²) in [5.74, 6) is 0.161. The second kappa shape index (κ2) is 6.45. The summed E-state index contributed by atoms with van der Waals surface area (Å²) in [6.07, 6.45) is 0. The Hall–Kier alpha value is -1.59. The first-order valence-electron chi connectivity index (χ1n) is 7.44. The monoisotopic (exact) mass is 290 g/mol. The normalized spacial score (nSPS) is 18.9. The van der Waals surface area contributed by atoms with E-state index in [4.69, 9.17) is 10.9 Å². The van der Waals surface area contributed by atoms with Gasteiger partial charge in [0.05, 0.1) is 0 Å². The van der Waals surface area contributed by atoms with Crippen molar-refractivity contribution in [2.24, 2.45) is 10.9 Å². The number of oxime groups is 1. The third-order valence-corrected chi connectivity index (χ3v) is 4.06. The maximum absolute atomic E-state index is 8.75. The van der Waals surface area contributed by atoms with Gasteiger partial charge in [-0.1, -0.05) is 23.4 Å². The Morgan fingerprint density at radius 3 is 2.48 bits per heavy atom. The lowest BCUT2D eigenvalue weighted by Gasteiger charge is -2.42. The van der Waals surface area contributed by atoms with Gasteiger partial charge in [0.2, 0.25) is 0 Å². The van der Waals surface area contributed by atoms with Crippen molar-refractivity contribution in [3.63, 3.8) is 0 Å². The predicted octanol–water partition coefficient (Wildman–Crippen LogP) is 1.70. The molecule has 1 aromatic carbocycles. The second-order valence-corrected chi connectivity index (χ2v) is 6.62. The van der Waals surface area contributed by atoms with Crippen LogP contribution in [0.2, 0.25) is 0 Å². The molecule has 2 rings (SSSR count). The average Bonchev–Trinajstić information content (AvgIpc) is 2.46. The summed E-state index contributed by atoms with van der Waals surface area (Å²) in [7, 11) is 0. The zero-order chi connectivity index (χ0) is 15.5. The molecule has 3 N–H and O–H groups in total. The van der Waals surface area contributed by atoms with Crippen LogP contribution in [0.25, 0.3) is 0 Å². The van der Waals surface area contributed by atoms with Gasteiger partial charge in [0.15, 0.2) is 5.84 Å². The summed E-state index contributed by atoms with van der Waals surface area (Å²) in [4.78, 5) is 4.98. The Bertz CT molecular complexity index is 499. The molecule has 0 radical (unpaired) electrons. The molecule has 116 valence electrons. The summed E-state index contributed by atoms with van der Waals surface area (Å²) in [6.45, 7) is 12.1. The maximum Gasteiger partial charge on any atom is 0.170 e. The van der Waals surface area contributed by atoms with Gasteiger partial charge in [-0.3, -0.25) is 9.80 Å². The topological polar surface area (TPSA) is 65.1 Å². The molecule has 0 amide bonds. The molecule has 0 bridgehead atoms. The van der Waals surface area contributed by atoms with Gasteiger partial charge in [-0.15, -0.1) is 0 Å². The third kappa shape index (κ3) is 4.19. The third-order valence-electron chi connectivity index (χ3n) is 4.06. The van der Waals surface area contributed by atoms with Crippen molar-refractivity contribution in [2.75, 3.05) is 26.2 Å². The molecule has 1 fully saturated rings. The van der Waals surface area contributed by atoms with E-state index in [9.17, 15) is 0 Å². The fourth-order valence-electron chi connectivity index (χ4n) is 2.72. The standard InChI is InChI=1S/C16H26N4O/c1-16(2,3)20-9-7-19(8-10-20)12-13-5-4-6-14(11-13)15(17)18-21/h4-6,11,21H,7-10,12H2,1-3H3,(H2,17,18). The molecule has 1 saturated heterocycles. The molecule has 5 nitrogen and oxygen atoms in total. The van der Waals surface area contributed by atoms with Crippen LogP contribution >= 0.6 is 0 Å². The number of hydrogen-bond acceptors (Lipinski definition) is 4. The lowest BCUT2D eigenvalue weighted by molar-refractivity contribution is 0.0591. The highest BCUT2D eigenvalue weighted by atomic mass is 16.4. The van der Waals surface area contributed by atoms with E-state index in [-0.39, 0.29) is 11.4 Å². The first-order chi connectivity index (χ1) is 9.90. The lowest BCUT2D eigenvalue weighted by atomic mass is 10.0. The highest BCUT2D eigenvalue weighted by molar-refractivity contribution is 5.97. The lowest BCUT2D eigenvalue weighted by Crippen LogP contribution is -2.53. The van der Waals surface area contributed by atoms with Crippen LogP contribution in [-0.2, 0) is 6.54 Å². The van der Waals surface area contributed by atoms with Gasteiger partial charge in [-0.05, 0) is 32.4 Å². The highest BCUT2D eigenvalue weighted by Gasteiger charge is 2.25. The van der Waals surface area contributed by atoms with Crippen molar-refractivity contribution in [3.8, 4) is 0 Å². The van der Waals surface area contributed by atoms with Crippen LogP contribution in [-0.4, -0.2) is 52.6 Å². The van der Waals surface area contributed by atoms with Crippen molar-refractivity contribution in [1.29, 1.82) is 0 Å². The maximum atomic E-state index is 8.75. The SMILES string of the molecule is CC(C)(C)N1CCN(Cc2cccc(C(N)=NO)c2)CC1. The number of piperazine rings is 1. The van der Waals surface area contributed by atoms with Gasteiger partial charge in [-0.25, -0.2) is 0 Å². The van der Waals surface area contributed by atoms with E-state index < -0.39 is 0 Å². The average molecular weight is 290 g/mol. The second-order valence-electron chi connectivity index (χ2n) is 6.62. The van der Waals surface area contributed by atoms with Gasteiger partial charge in [0.25, 0.3) is 0 Å². The molecule has 0 atom stereocenters. The Morgan fingerprint density at radius 2 is 1.90 bits per heavy atom. The van der Waals surface area contributed by atoms with Crippen molar-refractivity contribution in [3.05, 3.63) is 35.4 Å². The summed E-state index contributed by atoms with van der Waals surface area (Å²) in [6, 6.07) is 7.89. The van der Waals surface area contributed by atoms with E-state index in [1.165, 1.54) is 5.56 Å². The van der Waals surface area contributed by atoms with Crippen LogP contribution in [0.1, 0.15) is 31.9 Å². The molecule has 1 heterocycles. The summed E-state index contributed by atoms with van der Waals surface area (Å²) < 4.78 is 0. The molecule has 21 heavy (non-hydrogen) atoms. The Balaban J connectivity index is 1.95. The minimum Gasteiger partial charge on any atom is -0.409 e. The number of rotatable bonds is 3. The van der Waals surface area contributed by atoms with E-state index >= 15 is 0 Å². The molecule has 1 aromatic rings. The molecular weight excluding hydrogens is 264 g/mol. The number of nitrogens with zero attached hydrogens (tertiary/aromatic N) is 3. The first kappa shape index (κ1) is 15.8. The zero-order valence-corrected chi connectivity index (χ0v) is 13.2. The number of nitrogens with two attached hydrogens (primary N) is 1. The number of amidine groups is 1. The van der Waals surface area contributed by atoms with Crippen LogP contribution < -0.4 is 5.73 Å². The molecule has 0 aliphatic carbocycles. The van der Waals surface area contributed by atoms with Crippen molar-refractivity contribution in [2.45, 2.75) is 32.9 Å². The summed E-state index contributed by atoms with van der Waals surface area (Å²) in [5, 5.41) is 11.8. The fourth-order valence-corrected chi connectivity index (χ4v) is 2.72. The molecule has 1 aliphatic heterocycles. The van der Waals surface area contributed by atoms with Gasteiger partial charge >= 0.3 is 0 Å². The largest absolute Gasteiger partial charge is 0.409 e. The van der Waals surface area contributed by atoms with Gasteiger partial charge in [0, 0.05) is 43.8 Å². The van der Waals surface area contributed by atoms with Crippen molar-refractivity contribution >= 4 is 5.84 Å². The van der Waals surface area contributed by atoms with Crippen LogP contribution in [0, 0.1) is 0 Å². The van der Waals surface area contributed by atoms with Crippen molar-refractivity contribution < 1.29 is 5.21 Å². The molecule has 0 aromatic heterocycles. The van der Waals surface area contributed by atoms with Crippen LogP contribution in [0.5, 0.6) is 0 Å². The zero-order valence-electron chi connectivity index (χ0n) is 13.2. The summed E-state index contributed by atoms with van der Waals surface area (Å²) in [5.41, 5.74) is 7.85. The Labute approximate surface area is 127 Å². The van der Waals surface area contributed by atoms with Crippen LogP contribution in [0.3, 0.4) is 0 Å². The molecular formula is C16H26N4O. The fraction of sp³-hybridized carbons (Fsp3) is 0.562. The Morgan fingerprint density at radius 1 is 1.24 bits per heavy atom. The molecule has 0 saturated carbocycles. The minimum absolute atomic E-state index is 0.161. The molecule has 0 unspecified atom stereocenters. The van der Waals surface area contributed by atoms with Crippen LogP contribution in [0.15, 0.2) is 29.4 Å². The van der Waals surface area contributed by atoms with E-state index in [1.807, 2.05) is 18.2 Å². The van der Waals surface area contributed by atoms with Gasteiger partial charge in [0.1, 0.15) is 0 Å². The predicted molar refractivity (Wildman–Crippen MR) is 85.6 cm³/mol. The number of hydrogen-bond donors (Lipinski definition) is 2. The number of benzene rings is 1. The quantitative estimate of drug-likeness (QED) is 0.385.